The predicted octanol–water partition coefficient (Wildman–Crippen LogP) is 4.59. The minimum absolute atomic E-state index is 0.0476. The Hall–Kier alpha value is 0.177. The minimum Gasteiger partial charge on any atom is -0.412 e. The van der Waals surface area contributed by atoms with E-state index in [-0.39, 0.29) is 5.60 Å². The first kappa shape index (κ1) is 14.2. The van der Waals surface area contributed by atoms with Crippen molar-refractivity contribution in [3.63, 3.8) is 0 Å². The molecule has 0 atom stereocenters. The molecule has 0 saturated heterocycles. The molecule has 0 rings (SSSR count). The molecule has 0 unspecified atom stereocenters. The van der Waals surface area contributed by atoms with Crippen LogP contribution >= 0.6 is 0 Å². The van der Waals surface area contributed by atoms with Crippen molar-refractivity contribution in [3.8, 4) is 0 Å². The fraction of sp³-hybridized carbons (Fsp3) is 1.00. The van der Waals surface area contributed by atoms with Crippen molar-refractivity contribution < 1.29 is 4.43 Å². The number of hydrogen-bond acceptors (Lipinski definition) is 1. The van der Waals surface area contributed by atoms with Crippen LogP contribution in [0.4, 0.5) is 0 Å². The molecule has 0 N–H and O–H groups in total. The standard InChI is InChI=1S/C12H28OSi/c1-7-10-11-14(8-2,9-3)13-12(4,5)6/h7-11H2,1-6H3. The van der Waals surface area contributed by atoms with Gasteiger partial charge in [-0.05, 0) is 38.9 Å². The molecule has 0 aliphatic heterocycles. The van der Waals surface area contributed by atoms with Gasteiger partial charge >= 0.3 is 0 Å². The van der Waals surface area contributed by atoms with Crippen LogP contribution in [0.2, 0.25) is 18.1 Å². The summed E-state index contributed by atoms with van der Waals surface area (Å²) in [5, 5.41) is 0. The van der Waals surface area contributed by atoms with Crippen molar-refractivity contribution >= 4 is 8.32 Å². The lowest BCUT2D eigenvalue weighted by atomic mass is 10.2. The lowest BCUT2D eigenvalue weighted by molar-refractivity contribution is 0.115. The molecule has 0 aliphatic carbocycles. The Morgan fingerprint density at radius 2 is 1.50 bits per heavy atom. The fourth-order valence-corrected chi connectivity index (χ4v) is 5.84. The van der Waals surface area contributed by atoms with E-state index in [9.17, 15) is 0 Å². The van der Waals surface area contributed by atoms with E-state index >= 15 is 0 Å². The number of unbranched alkanes of at least 4 members (excludes halogenated alkanes) is 1. The summed E-state index contributed by atoms with van der Waals surface area (Å²) in [4.78, 5) is 0. The largest absolute Gasteiger partial charge is 0.412 e. The van der Waals surface area contributed by atoms with E-state index in [1.807, 2.05) is 0 Å². The molecular weight excluding hydrogens is 188 g/mol. The molecule has 2 heteroatoms. The van der Waals surface area contributed by atoms with Crippen LogP contribution < -0.4 is 0 Å². The Balaban J connectivity index is 4.36. The topological polar surface area (TPSA) is 9.23 Å². The SMILES string of the molecule is CCCC[Si](CC)(CC)OC(C)(C)C. The lowest BCUT2D eigenvalue weighted by Gasteiger charge is -2.36. The van der Waals surface area contributed by atoms with Gasteiger partial charge in [-0.2, -0.15) is 0 Å². The summed E-state index contributed by atoms with van der Waals surface area (Å²) < 4.78 is 6.36. The maximum atomic E-state index is 6.36. The van der Waals surface area contributed by atoms with Crippen LogP contribution in [-0.4, -0.2) is 13.9 Å². The zero-order chi connectivity index (χ0) is 11.2. The van der Waals surface area contributed by atoms with Gasteiger partial charge in [-0.3, -0.25) is 0 Å². The van der Waals surface area contributed by atoms with Crippen molar-refractivity contribution in [1.29, 1.82) is 0 Å². The summed E-state index contributed by atoms with van der Waals surface area (Å²) in [5.74, 6) is 0. The maximum Gasteiger partial charge on any atom is 0.192 e. The molecular formula is C12H28OSi. The maximum absolute atomic E-state index is 6.36. The fourth-order valence-electron chi connectivity index (χ4n) is 1.95. The first-order valence-corrected chi connectivity index (χ1v) is 8.62. The second-order valence-electron chi connectivity index (χ2n) is 5.21. The molecule has 0 aliphatic rings. The third kappa shape index (κ3) is 5.16. The van der Waals surface area contributed by atoms with Crippen molar-refractivity contribution in [3.05, 3.63) is 0 Å². The Morgan fingerprint density at radius 3 is 1.79 bits per heavy atom. The van der Waals surface area contributed by atoms with Gasteiger partial charge in [-0.25, -0.2) is 0 Å². The van der Waals surface area contributed by atoms with Crippen LogP contribution in [0.25, 0.3) is 0 Å². The third-order valence-corrected chi connectivity index (χ3v) is 7.68. The van der Waals surface area contributed by atoms with Crippen molar-refractivity contribution in [2.75, 3.05) is 0 Å². The Morgan fingerprint density at radius 1 is 1.00 bits per heavy atom. The zero-order valence-electron chi connectivity index (χ0n) is 10.9. The Bertz CT molecular complexity index is 145. The monoisotopic (exact) mass is 216 g/mol. The zero-order valence-corrected chi connectivity index (χ0v) is 11.9. The van der Waals surface area contributed by atoms with Gasteiger partial charge in [0.05, 0.1) is 0 Å². The normalized spacial score (nSPS) is 13.3. The van der Waals surface area contributed by atoms with E-state index in [0.29, 0.717) is 0 Å². The molecule has 0 amide bonds. The number of hydrogen-bond donors (Lipinski definition) is 0. The van der Waals surface area contributed by atoms with Gasteiger partial charge < -0.3 is 4.43 Å². The van der Waals surface area contributed by atoms with Crippen LogP contribution in [-0.2, 0) is 4.43 Å². The predicted molar refractivity (Wildman–Crippen MR) is 67.3 cm³/mol. The minimum atomic E-state index is -1.40. The molecule has 0 heterocycles. The highest BCUT2D eigenvalue weighted by molar-refractivity contribution is 6.73. The van der Waals surface area contributed by atoms with Crippen LogP contribution in [0.15, 0.2) is 0 Å². The van der Waals surface area contributed by atoms with Gasteiger partial charge in [-0.15, -0.1) is 0 Å². The first-order chi connectivity index (χ1) is 6.39. The van der Waals surface area contributed by atoms with Gasteiger partial charge in [0.15, 0.2) is 8.32 Å². The highest BCUT2D eigenvalue weighted by Gasteiger charge is 2.34. The quantitative estimate of drug-likeness (QED) is 0.590. The van der Waals surface area contributed by atoms with Gasteiger partial charge in [0.2, 0.25) is 0 Å². The van der Waals surface area contributed by atoms with Crippen molar-refractivity contribution in [2.24, 2.45) is 0 Å². The average molecular weight is 216 g/mol. The molecule has 0 fully saturated rings. The van der Waals surface area contributed by atoms with Crippen LogP contribution in [0, 0.1) is 0 Å². The van der Waals surface area contributed by atoms with E-state index in [4.69, 9.17) is 4.43 Å². The van der Waals surface area contributed by atoms with E-state index in [2.05, 4.69) is 41.5 Å². The molecule has 0 aromatic heterocycles. The van der Waals surface area contributed by atoms with Crippen LogP contribution in [0.5, 0.6) is 0 Å². The summed E-state index contributed by atoms with van der Waals surface area (Å²) in [7, 11) is -1.40. The van der Waals surface area contributed by atoms with Crippen LogP contribution in [0.1, 0.15) is 54.4 Å². The molecule has 0 aromatic rings. The third-order valence-electron chi connectivity index (χ3n) is 2.80. The van der Waals surface area contributed by atoms with Crippen molar-refractivity contribution in [2.45, 2.75) is 78.1 Å². The second kappa shape index (κ2) is 5.91. The first-order valence-electron chi connectivity index (χ1n) is 6.09. The summed E-state index contributed by atoms with van der Waals surface area (Å²) in [5.41, 5.74) is 0.0476. The van der Waals surface area contributed by atoms with Gasteiger partial charge in [0.25, 0.3) is 0 Å². The van der Waals surface area contributed by atoms with Gasteiger partial charge in [0, 0.05) is 5.60 Å². The molecule has 0 spiro atoms. The highest BCUT2D eigenvalue weighted by Crippen LogP contribution is 2.29. The summed E-state index contributed by atoms with van der Waals surface area (Å²) in [6.45, 7) is 13.4. The molecule has 0 bridgehead atoms. The second-order valence-corrected chi connectivity index (χ2v) is 9.69. The molecule has 14 heavy (non-hydrogen) atoms. The summed E-state index contributed by atoms with van der Waals surface area (Å²) >= 11 is 0. The van der Waals surface area contributed by atoms with Crippen molar-refractivity contribution in [1.82, 2.24) is 0 Å². The highest BCUT2D eigenvalue weighted by atomic mass is 28.4. The molecule has 0 aromatic carbocycles. The molecule has 1 nitrogen and oxygen atoms in total. The molecule has 0 saturated carbocycles. The number of rotatable bonds is 6. The average Bonchev–Trinajstić information content (AvgIpc) is 2.10. The van der Waals surface area contributed by atoms with E-state index in [1.165, 1.54) is 31.0 Å². The van der Waals surface area contributed by atoms with Gasteiger partial charge in [-0.1, -0.05) is 33.6 Å². The molecule has 0 radical (unpaired) electrons. The summed E-state index contributed by atoms with van der Waals surface area (Å²) in [6, 6.07) is 3.87. The summed E-state index contributed by atoms with van der Waals surface area (Å²) in [6.07, 6.45) is 2.63. The van der Waals surface area contributed by atoms with E-state index < -0.39 is 8.32 Å². The smallest absolute Gasteiger partial charge is 0.192 e. The Labute approximate surface area is 91.4 Å². The van der Waals surface area contributed by atoms with Crippen LogP contribution in [0.3, 0.4) is 0 Å². The van der Waals surface area contributed by atoms with E-state index in [0.717, 1.165) is 0 Å². The lowest BCUT2D eigenvalue weighted by Crippen LogP contribution is -2.43. The Kier molecular flexibility index (Phi) is 5.99. The molecule has 86 valence electrons. The van der Waals surface area contributed by atoms with Gasteiger partial charge in [0.1, 0.15) is 0 Å². The van der Waals surface area contributed by atoms with E-state index in [1.54, 1.807) is 0 Å².